The van der Waals surface area contributed by atoms with Crippen LogP contribution in [0, 0.1) is 11.3 Å². The summed E-state index contributed by atoms with van der Waals surface area (Å²) in [6, 6.07) is 6.92. The van der Waals surface area contributed by atoms with Gasteiger partial charge in [-0.2, -0.15) is 13.2 Å². The third-order valence-electron chi connectivity index (χ3n) is 3.86. The van der Waals surface area contributed by atoms with Crippen LogP contribution in [-0.4, -0.2) is 11.6 Å². The zero-order valence-electron chi connectivity index (χ0n) is 12.6. The molecule has 0 radical (unpaired) electrons. The molecule has 21 heavy (non-hydrogen) atoms. The molecule has 0 aromatic heterocycles. The third kappa shape index (κ3) is 5.13. The van der Waals surface area contributed by atoms with Gasteiger partial charge in [-0.05, 0) is 54.5 Å². The number of thioether (sulfide) groups is 1. The highest BCUT2D eigenvalue weighted by Crippen LogP contribution is 2.43. The van der Waals surface area contributed by atoms with E-state index < -0.39 is 5.51 Å². The predicted molar refractivity (Wildman–Crippen MR) is 82.6 cm³/mol. The highest BCUT2D eigenvalue weighted by atomic mass is 32.2. The lowest BCUT2D eigenvalue weighted by Crippen LogP contribution is -2.35. The zero-order valence-corrected chi connectivity index (χ0v) is 13.4. The number of hydrogen-bond acceptors (Lipinski definition) is 2. The first-order valence-electron chi connectivity index (χ1n) is 7.26. The highest BCUT2D eigenvalue weighted by molar-refractivity contribution is 8.00. The topological polar surface area (TPSA) is 12.0 Å². The van der Waals surface area contributed by atoms with E-state index >= 15 is 0 Å². The van der Waals surface area contributed by atoms with E-state index in [-0.39, 0.29) is 28.1 Å². The van der Waals surface area contributed by atoms with E-state index in [1.54, 1.807) is 18.2 Å². The molecule has 1 fully saturated rings. The molecule has 1 aromatic rings. The van der Waals surface area contributed by atoms with Gasteiger partial charge in [0.2, 0.25) is 0 Å². The molecule has 5 heteroatoms. The number of para-hydroxylation sites is 1. The van der Waals surface area contributed by atoms with Crippen LogP contribution < -0.4 is 5.32 Å². The first kappa shape index (κ1) is 16.5. The van der Waals surface area contributed by atoms with Crippen LogP contribution in [0.2, 0.25) is 0 Å². The number of rotatable bonds is 3. The van der Waals surface area contributed by atoms with Crippen LogP contribution in [0.1, 0.15) is 40.0 Å². The molecule has 2 rings (SSSR count). The number of benzene rings is 1. The molecule has 2 atom stereocenters. The molecule has 118 valence electrons. The maximum absolute atomic E-state index is 12.6. The van der Waals surface area contributed by atoms with E-state index in [4.69, 9.17) is 0 Å². The van der Waals surface area contributed by atoms with E-state index in [0.29, 0.717) is 11.6 Å². The molecule has 1 nitrogen and oxygen atoms in total. The maximum atomic E-state index is 12.6. The van der Waals surface area contributed by atoms with Crippen LogP contribution >= 0.6 is 11.8 Å². The van der Waals surface area contributed by atoms with E-state index in [0.717, 1.165) is 12.8 Å². The van der Waals surface area contributed by atoms with Gasteiger partial charge in [0, 0.05) is 16.6 Å². The SMILES string of the molecule is CC1CC(Nc2ccccc2SC(F)(F)F)CC(C)(C)C1. The molecule has 1 aliphatic carbocycles. The average molecular weight is 317 g/mol. The lowest BCUT2D eigenvalue weighted by atomic mass is 9.70. The van der Waals surface area contributed by atoms with Gasteiger partial charge in [-0.1, -0.05) is 32.9 Å². The van der Waals surface area contributed by atoms with E-state index in [9.17, 15) is 13.2 Å². The lowest BCUT2D eigenvalue weighted by molar-refractivity contribution is -0.0328. The highest BCUT2D eigenvalue weighted by Gasteiger charge is 2.33. The van der Waals surface area contributed by atoms with Crippen LogP contribution in [0.3, 0.4) is 0 Å². The second-order valence-corrected chi connectivity index (χ2v) is 7.91. The molecular weight excluding hydrogens is 295 g/mol. The van der Waals surface area contributed by atoms with Crippen molar-refractivity contribution in [1.82, 2.24) is 0 Å². The van der Waals surface area contributed by atoms with E-state index in [1.807, 2.05) is 0 Å². The molecule has 0 spiro atoms. The van der Waals surface area contributed by atoms with Gasteiger partial charge in [0.05, 0.1) is 0 Å². The number of anilines is 1. The molecule has 1 aliphatic rings. The second-order valence-electron chi connectivity index (χ2n) is 6.80. The minimum Gasteiger partial charge on any atom is -0.381 e. The van der Waals surface area contributed by atoms with Crippen LogP contribution in [-0.2, 0) is 0 Å². The average Bonchev–Trinajstić information content (AvgIpc) is 2.27. The molecular formula is C16H22F3NS. The summed E-state index contributed by atoms with van der Waals surface area (Å²) in [7, 11) is 0. The Hall–Kier alpha value is -0.840. The number of nitrogens with one attached hydrogen (secondary N) is 1. The van der Waals surface area contributed by atoms with Gasteiger partial charge in [-0.25, -0.2) is 0 Å². The second kappa shape index (κ2) is 6.11. The summed E-state index contributed by atoms with van der Waals surface area (Å²) >= 11 is -0.0459. The largest absolute Gasteiger partial charge is 0.446 e. The quantitative estimate of drug-likeness (QED) is 0.694. The summed E-state index contributed by atoms with van der Waals surface area (Å²) in [6.45, 7) is 6.67. The molecule has 0 amide bonds. The van der Waals surface area contributed by atoms with Gasteiger partial charge in [-0.3, -0.25) is 0 Å². The zero-order chi connectivity index (χ0) is 15.7. The van der Waals surface area contributed by atoms with Gasteiger partial charge < -0.3 is 5.32 Å². The van der Waals surface area contributed by atoms with Crippen molar-refractivity contribution in [2.24, 2.45) is 11.3 Å². The number of alkyl halides is 3. The summed E-state index contributed by atoms with van der Waals surface area (Å²) in [5, 5.41) is 3.34. The molecule has 1 saturated carbocycles. The van der Waals surface area contributed by atoms with Gasteiger partial charge in [-0.15, -0.1) is 0 Å². The van der Waals surface area contributed by atoms with Crippen molar-refractivity contribution >= 4 is 17.4 Å². The fourth-order valence-electron chi connectivity index (χ4n) is 3.48. The third-order valence-corrected chi connectivity index (χ3v) is 4.67. The van der Waals surface area contributed by atoms with Crippen LogP contribution in [0.15, 0.2) is 29.2 Å². The van der Waals surface area contributed by atoms with Crippen molar-refractivity contribution in [3.63, 3.8) is 0 Å². The predicted octanol–water partition coefficient (Wildman–Crippen LogP) is 5.93. The smallest absolute Gasteiger partial charge is 0.381 e. The Morgan fingerprint density at radius 1 is 1.19 bits per heavy atom. The van der Waals surface area contributed by atoms with Crippen molar-refractivity contribution in [1.29, 1.82) is 0 Å². The summed E-state index contributed by atoms with van der Waals surface area (Å²) in [5.41, 5.74) is -3.42. The van der Waals surface area contributed by atoms with E-state index in [1.165, 1.54) is 12.5 Å². The van der Waals surface area contributed by atoms with Gasteiger partial charge in [0.25, 0.3) is 0 Å². The summed E-state index contributed by atoms with van der Waals surface area (Å²) in [6.07, 6.45) is 3.17. The van der Waals surface area contributed by atoms with Gasteiger partial charge in [0.15, 0.2) is 0 Å². The number of hydrogen-bond donors (Lipinski definition) is 1. The fraction of sp³-hybridized carbons (Fsp3) is 0.625. The monoisotopic (exact) mass is 317 g/mol. The Balaban J connectivity index is 2.12. The normalized spacial score (nSPS) is 25.6. The first-order valence-corrected chi connectivity index (χ1v) is 8.08. The Labute approximate surface area is 128 Å². The molecule has 1 aromatic carbocycles. The lowest BCUT2D eigenvalue weighted by Gasteiger charge is -2.39. The minimum atomic E-state index is -4.25. The molecule has 0 saturated heterocycles. The van der Waals surface area contributed by atoms with Crippen molar-refractivity contribution in [2.45, 2.75) is 56.5 Å². The Morgan fingerprint density at radius 3 is 2.48 bits per heavy atom. The summed E-state index contributed by atoms with van der Waals surface area (Å²) < 4.78 is 37.9. The minimum absolute atomic E-state index is 0.0459. The molecule has 0 aliphatic heterocycles. The Morgan fingerprint density at radius 2 is 1.86 bits per heavy atom. The van der Waals surface area contributed by atoms with Crippen molar-refractivity contribution in [2.75, 3.05) is 5.32 Å². The standard InChI is InChI=1S/C16H22F3NS/c1-11-8-12(10-15(2,3)9-11)20-13-6-4-5-7-14(13)21-16(17,18)19/h4-7,11-12,20H,8-10H2,1-3H3. The van der Waals surface area contributed by atoms with Crippen molar-refractivity contribution in [3.8, 4) is 0 Å². The van der Waals surface area contributed by atoms with Crippen molar-refractivity contribution < 1.29 is 13.2 Å². The first-order chi connectivity index (χ1) is 9.65. The van der Waals surface area contributed by atoms with Crippen LogP contribution in [0.5, 0.6) is 0 Å². The molecule has 1 N–H and O–H groups in total. The molecule has 2 unspecified atom stereocenters. The molecule has 0 bridgehead atoms. The Bertz CT molecular complexity index is 485. The Kier molecular flexibility index (Phi) is 4.81. The fourth-order valence-corrected chi connectivity index (χ4v) is 4.11. The summed E-state index contributed by atoms with van der Waals surface area (Å²) in [5.74, 6) is 0.591. The van der Waals surface area contributed by atoms with Crippen LogP contribution in [0.25, 0.3) is 0 Å². The maximum Gasteiger partial charge on any atom is 0.446 e. The van der Waals surface area contributed by atoms with Crippen LogP contribution in [0.4, 0.5) is 18.9 Å². The summed E-state index contributed by atoms with van der Waals surface area (Å²) in [4.78, 5) is 0.251. The van der Waals surface area contributed by atoms with Crippen molar-refractivity contribution in [3.05, 3.63) is 24.3 Å². The van der Waals surface area contributed by atoms with Gasteiger partial charge in [0.1, 0.15) is 0 Å². The van der Waals surface area contributed by atoms with E-state index in [2.05, 4.69) is 26.1 Å². The number of halogens is 3. The molecule has 0 heterocycles. The van der Waals surface area contributed by atoms with Gasteiger partial charge >= 0.3 is 5.51 Å².